The Morgan fingerprint density at radius 2 is 2.06 bits per heavy atom. The number of nitrogens with zero attached hydrogens (tertiary/aromatic N) is 2. The van der Waals surface area contributed by atoms with Crippen LogP contribution in [0.5, 0.6) is 0 Å². The summed E-state index contributed by atoms with van der Waals surface area (Å²) in [4.78, 5) is 0. The summed E-state index contributed by atoms with van der Waals surface area (Å²) in [6, 6.07) is 2.64. The van der Waals surface area contributed by atoms with Gasteiger partial charge >= 0.3 is 0 Å². The van der Waals surface area contributed by atoms with E-state index >= 15 is 0 Å². The van der Waals surface area contributed by atoms with Crippen LogP contribution < -0.4 is 5.32 Å². The van der Waals surface area contributed by atoms with Crippen molar-refractivity contribution >= 4 is 0 Å². The van der Waals surface area contributed by atoms with Crippen molar-refractivity contribution in [3.8, 4) is 0 Å². The van der Waals surface area contributed by atoms with Crippen LogP contribution in [0.15, 0.2) is 12.3 Å². The van der Waals surface area contributed by atoms with Crippen molar-refractivity contribution in [1.82, 2.24) is 15.1 Å². The molecule has 0 aliphatic heterocycles. The van der Waals surface area contributed by atoms with Gasteiger partial charge in [0.05, 0.1) is 5.69 Å². The van der Waals surface area contributed by atoms with E-state index in [2.05, 4.69) is 62.0 Å². The van der Waals surface area contributed by atoms with Crippen LogP contribution in [0.1, 0.15) is 59.2 Å². The lowest BCUT2D eigenvalue weighted by Gasteiger charge is -2.24. The van der Waals surface area contributed by atoms with Crippen molar-refractivity contribution in [2.24, 2.45) is 5.41 Å². The molecule has 3 nitrogen and oxygen atoms in total. The first-order valence-corrected chi connectivity index (χ1v) is 7.09. The van der Waals surface area contributed by atoms with E-state index in [0.717, 1.165) is 13.0 Å². The number of rotatable bonds is 5. The second-order valence-corrected chi connectivity index (χ2v) is 7.16. The lowest BCUT2D eigenvalue weighted by molar-refractivity contribution is 0.353. The maximum absolute atomic E-state index is 4.67. The summed E-state index contributed by atoms with van der Waals surface area (Å²) >= 11 is 0. The molecule has 1 aromatic rings. The Morgan fingerprint density at radius 3 is 2.50 bits per heavy atom. The standard InChI is InChI=1S/C15H27N3/c1-12(2)18-9-6-13(17-18)10-15(7-8-15)11-16-14(3,4)5/h6,9,12,16H,7-8,10-11H2,1-5H3. The van der Waals surface area contributed by atoms with Gasteiger partial charge in [-0.2, -0.15) is 5.10 Å². The van der Waals surface area contributed by atoms with E-state index in [1.165, 1.54) is 18.5 Å². The minimum atomic E-state index is 0.215. The normalized spacial score (nSPS) is 18.3. The second kappa shape index (κ2) is 4.69. The Morgan fingerprint density at radius 1 is 1.39 bits per heavy atom. The van der Waals surface area contributed by atoms with Gasteiger partial charge in [-0.25, -0.2) is 0 Å². The maximum atomic E-state index is 4.67. The van der Waals surface area contributed by atoms with Crippen LogP contribution >= 0.6 is 0 Å². The number of hydrogen-bond acceptors (Lipinski definition) is 2. The van der Waals surface area contributed by atoms with Crippen molar-refractivity contribution in [2.45, 2.75) is 65.5 Å². The summed E-state index contributed by atoms with van der Waals surface area (Å²) in [5.41, 5.74) is 1.94. The van der Waals surface area contributed by atoms with E-state index in [1.807, 2.05) is 0 Å². The van der Waals surface area contributed by atoms with Crippen molar-refractivity contribution in [3.05, 3.63) is 18.0 Å². The van der Waals surface area contributed by atoms with Crippen LogP contribution in [-0.2, 0) is 6.42 Å². The van der Waals surface area contributed by atoms with Crippen LogP contribution in [0.3, 0.4) is 0 Å². The number of hydrogen-bond donors (Lipinski definition) is 1. The molecule has 1 aliphatic carbocycles. The molecule has 0 spiro atoms. The van der Waals surface area contributed by atoms with Gasteiger partial charge in [-0.1, -0.05) is 0 Å². The Balaban J connectivity index is 1.92. The van der Waals surface area contributed by atoms with E-state index < -0.39 is 0 Å². The third-order valence-corrected chi connectivity index (χ3v) is 3.70. The van der Waals surface area contributed by atoms with Gasteiger partial charge in [0.25, 0.3) is 0 Å². The molecule has 18 heavy (non-hydrogen) atoms. The molecule has 0 bridgehead atoms. The minimum absolute atomic E-state index is 0.215. The summed E-state index contributed by atoms with van der Waals surface area (Å²) in [5.74, 6) is 0. The highest BCUT2D eigenvalue weighted by Gasteiger charge is 2.43. The van der Waals surface area contributed by atoms with Crippen LogP contribution in [0.2, 0.25) is 0 Å². The maximum Gasteiger partial charge on any atom is 0.0630 e. The highest BCUT2D eigenvalue weighted by Crippen LogP contribution is 2.47. The Hall–Kier alpha value is -0.830. The van der Waals surface area contributed by atoms with E-state index in [1.54, 1.807) is 0 Å². The lowest BCUT2D eigenvalue weighted by Crippen LogP contribution is -2.40. The average Bonchev–Trinajstić information content (AvgIpc) is 2.83. The fourth-order valence-corrected chi connectivity index (χ4v) is 2.19. The molecule has 0 saturated heterocycles. The molecule has 0 unspecified atom stereocenters. The fraction of sp³-hybridized carbons (Fsp3) is 0.800. The molecule has 1 N–H and O–H groups in total. The zero-order valence-electron chi connectivity index (χ0n) is 12.5. The van der Waals surface area contributed by atoms with Crippen molar-refractivity contribution < 1.29 is 0 Å². The zero-order valence-corrected chi connectivity index (χ0v) is 12.5. The number of nitrogens with one attached hydrogen (secondary N) is 1. The van der Waals surface area contributed by atoms with Crippen LogP contribution in [0.4, 0.5) is 0 Å². The fourth-order valence-electron chi connectivity index (χ4n) is 2.19. The smallest absolute Gasteiger partial charge is 0.0630 e. The highest BCUT2D eigenvalue weighted by atomic mass is 15.3. The Bertz CT molecular complexity index is 394. The largest absolute Gasteiger partial charge is 0.312 e. The molecule has 1 aromatic heterocycles. The second-order valence-electron chi connectivity index (χ2n) is 7.16. The van der Waals surface area contributed by atoms with Gasteiger partial charge in [0.2, 0.25) is 0 Å². The molecule has 1 aliphatic rings. The molecule has 1 saturated carbocycles. The molecule has 0 atom stereocenters. The SMILES string of the molecule is CC(C)n1ccc(CC2(CNC(C)(C)C)CC2)n1. The van der Waals surface area contributed by atoms with Crippen molar-refractivity contribution in [1.29, 1.82) is 0 Å². The van der Waals surface area contributed by atoms with Gasteiger partial charge < -0.3 is 5.32 Å². The summed E-state index contributed by atoms with van der Waals surface area (Å²) in [6.07, 6.45) is 5.90. The highest BCUT2D eigenvalue weighted by molar-refractivity contribution is 5.09. The first-order valence-electron chi connectivity index (χ1n) is 7.09. The third kappa shape index (κ3) is 3.58. The van der Waals surface area contributed by atoms with Crippen LogP contribution in [0, 0.1) is 5.41 Å². The molecular formula is C15H27N3. The third-order valence-electron chi connectivity index (χ3n) is 3.70. The van der Waals surface area contributed by atoms with Crippen LogP contribution in [0.25, 0.3) is 0 Å². The zero-order chi connectivity index (χ0) is 13.4. The van der Waals surface area contributed by atoms with Crippen molar-refractivity contribution in [3.63, 3.8) is 0 Å². The van der Waals surface area contributed by atoms with Gasteiger partial charge in [0.15, 0.2) is 0 Å². The molecule has 0 amide bonds. The van der Waals surface area contributed by atoms with Gasteiger partial charge in [-0.3, -0.25) is 4.68 Å². The summed E-state index contributed by atoms with van der Waals surface area (Å²) in [7, 11) is 0. The molecule has 3 heteroatoms. The topological polar surface area (TPSA) is 29.9 Å². The summed E-state index contributed by atoms with van der Waals surface area (Å²) in [6.45, 7) is 12.2. The predicted molar refractivity (Wildman–Crippen MR) is 75.7 cm³/mol. The van der Waals surface area contributed by atoms with E-state index in [4.69, 9.17) is 0 Å². The Kier molecular flexibility index (Phi) is 3.54. The molecule has 0 radical (unpaired) electrons. The Labute approximate surface area is 111 Å². The van der Waals surface area contributed by atoms with E-state index in [0.29, 0.717) is 11.5 Å². The lowest BCUT2D eigenvalue weighted by atomic mass is 9.98. The molecular weight excluding hydrogens is 222 g/mol. The molecule has 102 valence electrons. The average molecular weight is 249 g/mol. The van der Waals surface area contributed by atoms with Crippen molar-refractivity contribution in [2.75, 3.05) is 6.54 Å². The van der Waals surface area contributed by atoms with Gasteiger partial charge in [-0.05, 0) is 65.4 Å². The first kappa shape index (κ1) is 13.6. The molecule has 0 aromatic carbocycles. The molecule has 1 fully saturated rings. The van der Waals surface area contributed by atoms with Gasteiger partial charge in [-0.15, -0.1) is 0 Å². The van der Waals surface area contributed by atoms with E-state index in [9.17, 15) is 0 Å². The quantitative estimate of drug-likeness (QED) is 0.868. The summed E-state index contributed by atoms with van der Waals surface area (Å²) < 4.78 is 2.06. The minimum Gasteiger partial charge on any atom is -0.312 e. The summed E-state index contributed by atoms with van der Waals surface area (Å²) in [5, 5.41) is 8.31. The van der Waals surface area contributed by atoms with Gasteiger partial charge in [0, 0.05) is 24.3 Å². The molecule has 1 heterocycles. The van der Waals surface area contributed by atoms with Gasteiger partial charge in [0.1, 0.15) is 0 Å². The number of aromatic nitrogens is 2. The molecule has 2 rings (SSSR count). The monoisotopic (exact) mass is 249 g/mol. The van der Waals surface area contributed by atoms with Crippen LogP contribution in [-0.4, -0.2) is 21.9 Å². The first-order chi connectivity index (χ1) is 8.30. The van der Waals surface area contributed by atoms with E-state index in [-0.39, 0.29) is 5.54 Å². The predicted octanol–water partition coefficient (Wildman–Crippen LogP) is 3.17.